The number of carbonyl (C=O) groups is 2. The fourth-order valence-electron chi connectivity index (χ4n) is 2.63. The molecule has 0 bridgehead atoms. The number of hydrogen-bond donors (Lipinski definition) is 1. The van der Waals surface area contributed by atoms with Crippen molar-refractivity contribution in [2.24, 2.45) is 0 Å². The summed E-state index contributed by atoms with van der Waals surface area (Å²) < 4.78 is 7.72. The SMILES string of the molecule is CCOc1nn(CC)cc1C(=O)Nc1nnc(SCC(=O)N2CCCC2)s1. The van der Waals surface area contributed by atoms with Crippen molar-refractivity contribution in [3.05, 3.63) is 11.8 Å². The molecule has 2 aromatic heterocycles. The van der Waals surface area contributed by atoms with E-state index in [-0.39, 0.29) is 11.8 Å². The Morgan fingerprint density at radius 1 is 1.30 bits per heavy atom. The van der Waals surface area contributed by atoms with Gasteiger partial charge in [-0.15, -0.1) is 15.3 Å². The predicted molar refractivity (Wildman–Crippen MR) is 103 cm³/mol. The fourth-order valence-corrected chi connectivity index (χ4v) is 4.28. The lowest BCUT2D eigenvalue weighted by molar-refractivity contribution is -0.127. The average Bonchev–Trinajstić information content (AvgIpc) is 3.40. The van der Waals surface area contributed by atoms with Crippen LogP contribution >= 0.6 is 23.1 Å². The van der Waals surface area contributed by atoms with Crippen molar-refractivity contribution in [2.75, 3.05) is 30.8 Å². The van der Waals surface area contributed by atoms with E-state index >= 15 is 0 Å². The minimum Gasteiger partial charge on any atom is -0.476 e. The van der Waals surface area contributed by atoms with Crippen LogP contribution in [0.3, 0.4) is 0 Å². The van der Waals surface area contributed by atoms with Crippen LogP contribution in [0.2, 0.25) is 0 Å². The van der Waals surface area contributed by atoms with Gasteiger partial charge in [-0.25, -0.2) is 0 Å². The van der Waals surface area contributed by atoms with Crippen molar-refractivity contribution >= 4 is 40.0 Å². The van der Waals surface area contributed by atoms with Gasteiger partial charge in [0.15, 0.2) is 4.34 Å². The van der Waals surface area contributed by atoms with Crippen LogP contribution in [0.5, 0.6) is 5.88 Å². The van der Waals surface area contributed by atoms with E-state index < -0.39 is 0 Å². The number of hydrogen-bond acceptors (Lipinski definition) is 8. The minimum absolute atomic E-state index is 0.117. The van der Waals surface area contributed by atoms with E-state index in [9.17, 15) is 9.59 Å². The number of thioether (sulfide) groups is 1. The van der Waals surface area contributed by atoms with E-state index in [4.69, 9.17) is 4.74 Å². The van der Waals surface area contributed by atoms with Crippen molar-refractivity contribution < 1.29 is 14.3 Å². The summed E-state index contributed by atoms with van der Waals surface area (Å²) in [6, 6.07) is 0. The first kappa shape index (κ1) is 19.6. The lowest BCUT2D eigenvalue weighted by atomic mass is 10.3. The number of rotatable bonds is 8. The molecule has 2 aromatic rings. The van der Waals surface area contributed by atoms with Gasteiger partial charge in [0.25, 0.3) is 5.91 Å². The normalized spacial score (nSPS) is 13.8. The maximum atomic E-state index is 12.5. The Kier molecular flexibility index (Phi) is 6.67. The third kappa shape index (κ3) is 4.98. The van der Waals surface area contributed by atoms with Gasteiger partial charge in [0.2, 0.25) is 16.9 Å². The molecule has 27 heavy (non-hydrogen) atoms. The van der Waals surface area contributed by atoms with Crippen LogP contribution in [0.25, 0.3) is 0 Å². The molecule has 0 unspecified atom stereocenters. The summed E-state index contributed by atoms with van der Waals surface area (Å²) >= 11 is 2.58. The largest absolute Gasteiger partial charge is 0.476 e. The number of carbonyl (C=O) groups excluding carboxylic acids is 2. The molecule has 146 valence electrons. The molecule has 0 aliphatic carbocycles. The smallest absolute Gasteiger partial charge is 0.264 e. The zero-order valence-electron chi connectivity index (χ0n) is 15.3. The van der Waals surface area contributed by atoms with Gasteiger partial charge < -0.3 is 9.64 Å². The van der Waals surface area contributed by atoms with Crippen LogP contribution < -0.4 is 10.1 Å². The van der Waals surface area contributed by atoms with E-state index in [1.165, 1.54) is 23.1 Å². The van der Waals surface area contributed by atoms with E-state index in [2.05, 4.69) is 20.6 Å². The summed E-state index contributed by atoms with van der Waals surface area (Å²) in [5.41, 5.74) is 0.354. The number of nitrogens with one attached hydrogen (secondary N) is 1. The van der Waals surface area contributed by atoms with Crippen LogP contribution in [0.15, 0.2) is 10.5 Å². The molecule has 9 nitrogen and oxygen atoms in total. The molecule has 0 radical (unpaired) electrons. The van der Waals surface area contributed by atoms with Gasteiger partial charge >= 0.3 is 0 Å². The van der Waals surface area contributed by atoms with Gasteiger partial charge in [0.05, 0.1) is 12.4 Å². The number of ether oxygens (including phenoxy) is 1. The van der Waals surface area contributed by atoms with E-state index in [0.717, 1.165) is 25.9 Å². The first-order chi connectivity index (χ1) is 13.1. The first-order valence-electron chi connectivity index (χ1n) is 8.86. The summed E-state index contributed by atoms with van der Waals surface area (Å²) in [6.45, 7) is 6.50. The van der Waals surface area contributed by atoms with Gasteiger partial charge in [-0.3, -0.25) is 19.6 Å². The maximum absolute atomic E-state index is 12.5. The molecule has 3 heterocycles. The molecule has 1 aliphatic heterocycles. The number of aromatic nitrogens is 4. The molecular formula is C16H22N6O3S2. The van der Waals surface area contributed by atoms with Gasteiger partial charge in [-0.05, 0) is 26.7 Å². The van der Waals surface area contributed by atoms with Gasteiger partial charge in [0, 0.05) is 25.8 Å². The number of amides is 2. The second-order valence-corrected chi connectivity index (χ2v) is 8.04. The second kappa shape index (κ2) is 9.18. The average molecular weight is 411 g/mol. The topological polar surface area (TPSA) is 102 Å². The van der Waals surface area contributed by atoms with E-state index in [1.54, 1.807) is 10.9 Å². The molecular weight excluding hydrogens is 388 g/mol. The number of anilines is 1. The van der Waals surface area contributed by atoms with Crippen molar-refractivity contribution in [1.82, 2.24) is 24.9 Å². The Morgan fingerprint density at radius 2 is 2.07 bits per heavy atom. The van der Waals surface area contributed by atoms with Crippen molar-refractivity contribution in [1.29, 1.82) is 0 Å². The summed E-state index contributed by atoms with van der Waals surface area (Å²) in [6.07, 6.45) is 3.79. The Morgan fingerprint density at radius 3 is 2.78 bits per heavy atom. The van der Waals surface area contributed by atoms with Crippen LogP contribution in [0.4, 0.5) is 5.13 Å². The highest BCUT2D eigenvalue weighted by Gasteiger charge is 2.21. The molecule has 1 fully saturated rings. The number of aryl methyl sites for hydroxylation is 1. The highest BCUT2D eigenvalue weighted by atomic mass is 32.2. The first-order valence-corrected chi connectivity index (χ1v) is 10.7. The monoisotopic (exact) mass is 410 g/mol. The number of nitrogens with zero attached hydrogens (tertiary/aromatic N) is 5. The summed E-state index contributed by atoms with van der Waals surface area (Å²) in [5.74, 6) is 0.401. The van der Waals surface area contributed by atoms with E-state index in [1.807, 2.05) is 18.7 Å². The summed E-state index contributed by atoms with van der Waals surface area (Å²) in [5, 5.41) is 15.3. The molecule has 0 aromatic carbocycles. The van der Waals surface area contributed by atoms with Crippen molar-refractivity contribution in [3.8, 4) is 5.88 Å². The highest BCUT2D eigenvalue weighted by molar-refractivity contribution is 8.01. The van der Waals surface area contributed by atoms with Gasteiger partial charge in [-0.1, -0.05) is 23.1 Å². The molecule has 2 amide bonds. The van der Waals surface area contributed by atoms with Crippen LogP contribution in [0.1, 0.15) is 37.0 Å². The molecule has 1 aliphatic rings. The van der Waals surface area contributed by atoms with Crippen molar-refractivity contribution in [2.45, 2.75) is 37.6 Å². The van der Waals surface area contributed by atoms with Crippen LogP contribution in [0, 0.1) is 0 Å². The van der Waals surface area contributed by atoms with Crippen LogP contribution in [-0.4, -0.2) is 62.1 Å². The van der Waals surface area contributed by atoms with E-state index in [0.29, 0.717) is 39.8 Å². The summed E-state index contributed by atoms with van der Waals surface area (Å²) in [4.78, 5) is 26.5. The molecule has 0 atom stereocenters. The van der Waals surface area contributed by atoms with Gasteiger partial charge in [-0.2, -0.15) is 0 Å². The lowest BCUT2D eigenvalue weighted by Crippen LogP contribution is -2.29. The fraction of sp³-hybridized carbons (Fsp3) is 0.562. The zero-order chi connectivity index (χ0) is 19.2. The zero-order valence-corrected chi connectivity index (χ0v) is 16.9. The molecule has 3 rings (SSSR count). The predicted octanol–water partition coefficient (Wildman–Crippen LogP) is 2.12. The van der Waals surface area contributed by atoms with Crippen LogP contribution in [-0.2, 0) is 11.3 Å². The van der Waals surface area contributed by atoms with Gasteiger partial charge in [0.1, 0.15) is 5.56 Å². The quantitative estimate of drug-likeness (QED) is 0.525. The summed E-state index contributed by atoms with van der Waals surface area (Å²) in [7, 11) is 0. The minimum atomic E-state index is -0.348. The third-order valence-electron chi connectivity index (χ3n) is 3.98. The third-order valence-corrected chi connectivity index (χ3v) is 5.94. The second-order valence-electron chi connectivity index (χ2n) is 5.84. The molecule has 0 spiro atoms. The molecule has 0 saturated carbocycles. The Bertz CT molecular complexity index is 800. The lowest BCUT2D eigenvalue weighted by Gasteiger charge is -2.13. The standard InChI is InChI=1S/C16H22N6O3S2/c1-3-22-9-11(14(20-22)25-4-2)13(24)17-15-18-19-16(27-15)26-10-12(23)21-7-5-6-8-21/h9H,3-8,10H2,1-2H3,(H,17,18,24). The molecule has 1 N–H and O–H groups in total. The number of likely N-dealkylation sites (tertiary alicyclic amines) is 1. The Balaban J connectivity index is 1.57. The maximum Gasteiger partial charge on any atom is 0.264 e. The van der Waals surface area contributed by atoms with Crippen molar-refractivity contribution in [3.63, 3.8) is 0 Å². The molecule has 1 saturated heterocycles. The highest BCUT2D eigenvalue weighted by Crippen LogP contribution is 2.27. The Labute approximate surface area is 165 Å². The Hall–Kier alpha value is -2.14. The molecule has 11 heteroatoms.